The van der Waals surface area contributed by atoms with Crippen LogP contribution in [-0.4, -0.2) is 0 Å². The third-order valence-corrected chi connectivity index (χ3v) is 10.8. The molecule has 0 N–H and O–H groups in total. The Labute approximate surface area is 267 Å². The van der Waals surface area contributed by atoms with Crippen LogP contribution in [0, 0.1) is 0 Å². The molecule has 7 aromatic carbocycles. The summed E-state index contributed by atoms with van der Waals surface area (Å²) in [6.07, 6.45) is 0. The molecule has 0 unspecified atom stereocenters. The molecule has 0 aliphatic heterocycles. The van der Waals surface area contributed by atoms with Crippen LogP contribution in [0.1, 0.15) is 25.0 Å². The minimum atomic E-state index is -0.0830. The molecule has 0 atom stereocenters. The molecule has 0 bridgehead atoms. The summed E-state index contributed by atoms with van der Waals surface area (Å²) >= 11 is 1.87. The molecule has 1 heterocycles. The zero-order chi connectivity index (χ0) is 30.1. The lowest BCUT2D eigenvalue weighted by Gasteiger charge is -2.29. The Morgan fingerprint density at radius 1 is 0.444 bits per heavy atom. The average molecular weight is 594 g/mol. The topological polar surface area (TPSA) is 3.24 Å². The van der Waals surface area contributed by atoms with Crippen LogP contribution in [0.15, 0.2) is 152 Å². The molecule has 8 aromatic rings. The fourth-order valence-corrected chi connectivity index (χ4v) is 8.55. The van der Waals surface area contributed by atoms with E-state index in [1.165, 1.54) is 75.7 Å². The van der Waals surface area contributed by atoms with Crippen LogP contribution in [-0.2, 0) is 5.41 Å². The Balaban J connectivity index is 1.31. The smallest absolute Gasteiger partial charge is 0.0540 e. The van der Waals surface area contributed by atoms with Gasteiger partial charge in [0.2, 0.25) is 0 Å². The predicted octanol–water partition coefficient (Wildman–Crippen LogP) is 12.7. The second-order valence-electron chi connectivity index (χ2n) is 12.6. The Morgan fingerprint density at radius 3 is 1.93 bits per heavy atom. The van der Waals surface area contributed by atoms with Gasteiger partial charge >= 0.3 is 0 Å². The third-order valence-electron chi connectivity index (χ3n) is 9.67. The van der Waals surface area contributed by atoms with Crippen molar-refractivity contribution in [2.75, 3.05) is 4.90 Å². The Morgan fingerprint density at radius 2 is 1.07 bits per heavy atom. The van der Waals surface area contributed by atoms with E-state index >= 15 is 0 Å². The van der Waals surface area contributed by atoms with Gasteiger partial charge in [-0.15, -0.1) is 11.3 Å². The second kappa shape index (κ2) is 9.92. The molecular weight excluding hydrogens is 563 g/mol. The van der Waals surface area contributed by atoms with Gasteiger partial charge < -0.3 is 4.90 Å². The molecule has 0 saturated carbocycles. The maximum atomic E-state index is 2.47. The molecule has 0 spiro atoms. The van der Waals surface area contributed by atoms with Crippen molar-refractivity contribution in [1.29, 1.82) is 0 Å². The number of rotatable bonds is 4. The first-order valence-electron chi connectivity index (χ1n) is 15.6. The molecule has 0 saturated heterocycles. The van der Waals surface area contributed by atoms with Crippen LogP contribution in [0.3, 0.4) is 0 Å². The predicted molar refractivity (Wildman–Crippen MR) is 195 cm³/mol. The Bertz CT molecular complexity index is 2410. The maximum Gasteiger partial charge on any atom is 0.0540 e. The summed E-state index contributed by atoms with van der Waals surface area (Å²) in [7, 11) is 0. The van der Waals surface area contributed by atoms with Gasteiger partial charge in [-0.05, 0) is 81.2 Å². The van der Waals surface area contributed by atoms with Crippen molar-refractivity contribution in [2.45, 2.75) is 19.3 Å². The zero-order valence-corrected chi connectivity index (χ0v) is 26.1. The van der Waals surface area contributed by atoms with Crippen LogP contribution in [0.5, 0.6) is 0 Å². The summed E-state index contributed by atoms with van der Waals surface area (Å²) in [5.41, 5.74) is 11.4. The van der Waals surface area contributed by atoms with Gasteiger partial charge in [0, 0.05) is 42.3 Å². The highest BCUT2D eigenvalue weighted by atomic mass is 32.1. The van der Waals surface area contributed by atoms with Gasteiger partial charge in [0.25, 0.3) is 0 Å². The number of hydrogen-bond acceptors (Lipinski definition) is 2. The lowest BCUT2D eigenvalue weighted by Crippen LogP contribution is -2.16. The van der Waals surface area contributed by atoms with Crippen molar-refractivity contribution in [2.24, 2.45) is 0 Å². The van der Waals surface area contributed by atoms with Crippen LogP contribution in [0.2, 0.25) is 0 Å². The van der Waals surface area contributed by atoms with E-state index in [2.05, 4.69) is 170 Å². The first kappa shape index (κ1) is 26.2. The van der Waals surface area contributed by atoms with Gasteiger partial charge in [0.15, 0.2) is 0 Å². The van der Waals surface area contributed by atoms with Crippen molar-refractivity contribution in [3.05, 3.63) is 163 Å². The SMILES string of the molecule is CC1(C)c2ccccc2-c2ccc(N(c3ccc4sc5ccccc5c4c3)c3ccc(-c4ccccc4)c4ccccc34)cc21. The van der Waals surface area contributed by atoms with E-state index in [0.29, 0.717) is 0 Å². The summed E-state index contributed by atoms with van der Waals surface area (Å²) in [6, 6.07) is 55.9. The molecule has 1 aliphatic carbocycles. The molecule has 45 heavy (non-hydrogen) atoms. The van der Waals surface area contributed by atoms with E-state index in [9.17, 15) is 0 Å². The van der Waals surface area contributed by atoms with E-state index < -0.39 is 0 Å². The second-order valence-corrected chi connectivity index (χ2v) is 13.6. The lowest BCUT2D eigenvalue weighted by atomic mass is 9.82. The minimum Gasteiger partial charge on any atom is -0.310 e. The first-order chi connectivity index (χ1) is 22.1. The van der Waals surface area contributed by atoms with Gasteiger partial charge in [-0.3, -0.25) is 0 Å². The molecule has 9 rings (SSSR count). The standard InChI is InChI=1S/C43H31NS/c1-43(2)38-18-10-8-15-33(38)34-22-20-30(27-39(34)43)44(29-21-25-42-37(26-29)36-17-9-11-19-41(36)45-42)40-24-23-31(28-12-4-3-5-13-28)32-14-6-7-16-35(32)40/h3-27H,1-2H3. The highest BCUT2D eigenvalue weighted by Crippen LogP contribution is 2.51. The number of nitrogens with zero attached hydrogens (tertiary/aromatic N) is 1. The monoisotopic (exact) mass is 593 g/mol. The van der Waals surface area contributed by atoms with Crippen LogP contribution in [0.25, 0.3) is 53.2 Å². The van der Waals surface area contributed by atoms with Gasteiger partial charge in [-0.1, -0.05) is 123 Å². The zero-order valence-electron chi connectivity index (χ0n) is 25.3. The molecule has 1 aromatic heterocycles. The Kier molecular flexibility index (Phi) is 5.78. The number of fused-ring (bicyclic) bond motifs is 7. The molecule has 0 fully saturated rings. The summed E-state index contributed by atoms with van der Waals surface area (Å²) < 4.78 is 2.64. The summed E-state index contributed by atoms with van der Waals surface area (Å²) in [5, 5.41) is 5.10. The van der Waals surface area contributed by atoms with E-state index in [-0.39, 0.29) is 5.41 Å². The van der Waals surface area contributed by atoms with E-state index in [4.69, 9.17) is 0 Å². The number of hydrogen-bond donors (Lipinski definition) is 0. The number of thiophene rings is 1. The molecule has 214 valence electrons. The number of benzene rings is 7. The van der Waals surface area contributed by atoms with Crippen molar-refractivity contribution in [1.82, 2.24) is 0 Å². The molecule has 1 aliphatic rings. The van der Waals surface area contributed by atoms with E-state index in [0.717, 1.165) is 5.69 Å². The highest BCUT2D eigenvalue weighted by Gasteiger charge is 2.35. The fraction of sp³-hybridized carbons (Fsp3) is 0.0698. The van der Waals surface area contributed by atoms with Gasteiger partial charge in [-0.25, -0.2) is 0 Å². The molecule has 0 radical (unpaired) electrons. The molecular formula is C43H31NS. The molecule has 1 nitrogen and oxygen atoms in total. The molecule has 0 amide bonds. The maximum absolute atomic E-state index is 2.47. The van der Waals surface area contributed by atoms with Crippen LogP contribution < -0.4 is 4.90 Å². The lowest BCUT2D eigenvalue weighted by molar-refractivity contribution is 0.660. The normalized spacial score (nSPS) is 13.3. The highest BCUT2D eigenvalue weighted by molar-refractivity contribution is 7.25. The number of anilines is 3. The van der Waals surface area contributed by atoms with Gasteiger partial charge in [0.1, 0.15) is 0 Å². The van der Waals surface area contributed by atoms with E-state index in [1.54, 1.807) is 0 Å². The first-order valence-corrected chi connectivity index (χ1v) is 16.4. The summed E-state index contributed by atoms with van der Waals surface area (Å²) in [5.74, 6) is 0. The van der Waals surface area contributed by atoms with Crippen molar-refractivity contribution < 1.29 is 0 Å². The largest absolute Gasteiger partial charge is 0.310 e. The quantitative estimate of drug-likeness (QED) is 0.196. The van der Waals surface area contributed by atoms with Crippen molar-refractivity contribution >= 4 is 59.3 Å². The van der Waals surface area contributed by atoms with Gasteiger partial charge in [0.05, 0.1) is 5.69 Å². The van der Waals surface area contributed by atoms with Crippen LogP contribution >= 0.6 is 11.3 Å². The minimum absolute atomic E-state index is 0.0830. The van der Waals surface area contributed by atoms with Crippen molar-refractivity contribution in [3.63, 3.8) is 0 Å². The van der Waals surface area contributed by atoms with Crippen molar-refractivity contribution in [3.8, 4) is 22.3 Å². The van der Waals surface area contributed by atoms with E-state index in [1.807, 2.05) is 11.3 Å². The van der Waals surface area contributed by atoms with Gasteiger partial charge in [-0.2, -0.15) is 0 Å². The Hall–Kier alpha value is -5.18. The van der Waals surface area contributed by atoms with Crippen LogP contribution in [0.4, 0.5) is 17.1 Å². The summed E-state index contributed by atoms with van der Waals surface area (Å²) in [6.45, 7) is 4.72. The third kappa shape index (κ3) is 3.99. The average Bonchev–Trinajstić information content (AvgIpc) is 3.57. The summed E-state index contributed by atoms with van der Waals surface area (Å²) in [4.78, 5) is 2.47. The fourth-order valence-electron chi connectivity index (χ4n) is 7.46. The molecule has 2 heteroatoms.